The number of aryl methyl sites for hydroxylation is 1. The number of carbonyl (C=O) groups excluding carboxylic acids is 2. The molecule has 7 heteroatoms. The zero-order valence-electron chi connectivity index (χ0n) is 16.5. The van der Waals surface area contributed by atoms with Crippen LogP contribution in [0.5, 0.6) is 0 Å². The van der Waals surface area contributed by atoms with E-state index in [0.29, 0.717) is 35.4 Å². The number of aromatic nitrogens is 2. The van der Waals surface area contributed by atoms with Crippen molar-refractivity contribution in [1.82, 2.24) is 15.1 Å². The molecule has 2 amide bonds. The van der Waals surface area contributed by atoms with E-state index in [4.69, 9.17) is 0 Å². The smallest absolute Gasteiger partial charge is 0.254 e. The molecule has 2 aromatic rings. The Morgan fingerprint density at radius 2 is 2.07 bits per heavy atom. The van der Waals surface area contributed by atoms with Crippen molar-refractivity contribution in [2.24, 2.45) is 5.92 Å². The molecule has 0 atom stereocenters. The van der Waals surface area contributed by atoms with Gasteiger partial charge in [0.1, 0.15) is 5.00 Å². The number of carbonyl (C=O) groups is 2. The summed E-state index contributed by atoms with van der Waals surface area (Å²) in [5, 5.41) is 12.9. The quantitative estimate of drug-likeness (QED) is 0.724. The van der Waals surface area contributed by atoms with Crippen LogP contribution in [0, 0.1) is 19.8 Å². The number of hydrogen-bond acceptors (Lipinski definition) is 4. The van der Waals surface area contributed by atoms with Crippen molar-refractivity contribution < 1.29 is 9.59 Å². The van der Waals surface area contributed by atoms with E-state index in [9.17, 15) is 9.59 Å². The van der Waals surface area contributed by atoms with E-state index >= 15 is 0 Å². The molecule has 6 nitrogen and oxygen atoms in total. The Kier molecular flexibility index (Phi) is 5.99. The molecule has 0 aromatic carbocycles. The van der Waals surface area contributed by atoms with Gasteiger partial charge in [-0.05, 0) is 56.0 Å². The molecule has 0 unspecified atom stereocenters. The molecule has 146 valence electrons. The number of thiophene rings is 1. The highest BCUT2D eigenvalue weighted by molar-refractivity contribution is 7.14. The average Bonchev–Trinajstić information content (AvgIpc) is 3.21. The van der Waals surface area contributed by atoms with Gasteiger partial charge in [0.15, 0.2) is 0 Å². The van der Waals surface area contributed by atoms with Crippen molar-refractivity contribution in [3.63, 3.8) is 0 Å². The van der Waals surface area contributed by atoms with Crippen LogP contribution in [0.25, 0.3) is 0 Å². The highest BCUT2D eigenvalue weighted by atomic mass is 32.1. The summed E-state index contributed by atoms with van der Waals surface area (Å²) in [5.74, 6) is 0.349. The lowest BCUT2D eigenvalue weighted by atomic mass is 10.1. The van der Waals surface area contributed by atoms with Crippen LogP contribution in [0.3, 0.4) is 0 Å². The van der Waals surface area contributed by atoms with Gasteiger partial charge in [-0.15, -0.1) is 11.3 Å². The highest BCUT2D eigenvalue weighted by Gasteiger charge is 2.25. The summed E-state index contributed by atoms with van der Waals surface area (Å²) >= 11 is 1.38. The summed E-state index contributed by atoms with van der Waals surface area (Å²) < 4.78 is 2.03. The second kappa shape index (κ2) is 8.25. The molecule has 2 heterocycles. The molecule has 1 fully saturated rings. The Labute approximate surface area is 164 Å². The first-order chi connectivity index (χ1) is 12.8. The topological polar surface area (TPSA) is 76.0 Å². The minimum absolute atomic E-state index is 0.0756. The van der Waals surface area contributed by atoms with Crippen LogP contribution in [0.15, 0.2) is 11.4 Å². The normalized spacial score (nSPS) is 13.8. The van der Waals surface area contributed by atoms with Gasteiger partial charge in [0.05, 0.1) is 11.3 Å². The van der Waals surface area contributed by atoms with Crippen LogP contribution in [0.1, 0.15) is 60.4 Å². The van der Waals surface area contributed by atoms with Gasteiger partial charge in [-0.1, -0.05) is 13.8 Å². The number of nitrogens with zero attached hydrogens (tertiary/aromatic N) is 2. The maximum atomic E-state index is 12.4. The van der Waals surface area contributed by atoms with Gasteiger partial charge in [0.2, 0.25) is 5.91 Å². The first-order valence-electron chi connectivity index (χ1n) is 9.56. The summed E-state index contributed by atoms with van der Waals surface area (Å²) in [4.78, 5) is 24.7. The summed E-state index contributed by atoms with van der Waals surface area (Å²) in [7, 11) is 0. The standard InChI is InChI=1S/C20H28N4O2S/c1-12(2)11-24-14(4)16(13(3)23-24)7-8-18(25)22-20-17(9-10-27-20)19(26)21-15-5-6-15/h9-10,12,15H,5-8,11H2,1-4H3,(H,21,26)(H,22,25). The van der Waals surface area contributed by atoms with Gasteiger partial charge < -0.3 is 10.6 Å². The van der Waals surface area contributed by atoms with E-state index in [1.165, 1.54) is 11.3 Å². The molecule has 0 bridgehead atoms. The zero-order valence-corrected chi connectivity index (χ0v) is 17.3. The number of hydrogen-bond donors (Lipinski definition) is 2. The van der Waals surface area contributed by atoms with Crippen LogP contribution in [-0.2, 0) is 17.8 Å². The van der Waals surface area contributed by atoms with E-state index < -0.39 is 0 Å². The van der Waals surface area contributed by atoms with Gasteiger partial charge in [-0.25, -0.2) is 0 Å². The van der Waals surface area contributed by atoms with Crippen LogP contribution in [-0.4, -0.2) is 27.6 Å². The monoisotopic (exact) mass is 388 g/mol. The van der Waals surface area contributed by atoms with Gasteiger partial charge >= 0.3 is 0 Å². The van der Waals surface area contributed by atoms with Crippen LogP contribution in [0.4, 0.5) is 5.00 Å². The summed E-state index contributed by atoms with van der Waals surface area (Å²) in [5.41, 5.74) is 3.82. The van der Waals surface area contributed by atoms with E-state index in [1.54, 1.807) is 6.07 Å². The van der Waals surface area contributed by atoms with E-state index in [-0.39, 0.29) is 11.8 Å². The Morgan fingerprint density at radius 1 is 1.33 bits per heavy atom. The summed E-state index contributed by atoms with van der Waals surface area (Å²) in [6.07, 6.45) is 3.11. The summed E-state index contributed by atoms with van der Waals surface area (Å²) in [6, 6.07) is 2.07. The lowest BCUT2D eigenvalue weighted by molar-refractivity contribution is -0.116. The van der Waals surface area contributed by atoms with Gasteiger partial charge in [-0.2, -0.15) is 5.10 Å². The average molecular weight is 389 g/mol. The molecule has 3 rings (SSSR count). The van der Waals surface area contributed by atoms with Crippen molar-refractivity contribution in [1.29, 1.82) is 0 Å². The van der Waals surface area contributed by atoms with Crippen molar-refractivity contribution in [2.75, 3.05) is 5.32 Å². The Balaban J connectivity index is 1.58. The van der Waals surface area contributed by atoms with Crippen molar-refractivity contribution in [2.45, 2.75) is 66.0 Å². The van der Waals surface area contributed by atoms with Crippen LogP contribution >= 0.6 is 11.3 Å². The maximum Gasteiger partial charge on any atom is 0.254 e. The summed E-state index contributed by atoms with van der Waals surface area (Å²) in [6.45, 7) is 9.28. The number of amides is 2. The van der Waals surface area contributed by atoms with E-state index in [0.717, 1.165) is 36.3 Å². The molecule has 1 aliphatic carbocycles. The van der Waals surface area contributed by atoms with E-state index in [1.807, 2.05) is 17.0 Å². The molecule has 0 spiro atoms. The number of nitrogens with one attached hydrogen (secondary N) is 2. The lowest BCUT2D eigenvalue weighted by Gasteiger charge is -2.09. The third kappa shape index (κ3) is 4.97. The van der Waals surface area contributed by atoms with Crippen LogP contribution < -0.4 is 10.6 Å². The van der Waals surface area contributed by atoms with Crippen molar-refractivity contribution in [3.8, 4) is 0 Å². The molecule has 0 radical (unpaired) electrons. The first-order valence-corrected chi connectivity index (χ1v) is 10.4. The van der Waals surface area contributed by atoms with Gasteiger partial charge in [0, 0.05) is 24.7 Å². The molecule has 1 aliphatic rings. The second-order valence-electron chi connectivity index (χ2n) is 7.68. The first kappa shape index (κ1) is 19.6. The Bertz CT molecular complexity index is 833. The minimum atomic E-state index is -0.101. The molecular weight excluding hydrogens is 360 g/mol. The second-order valence-corrected chi connectivity index (χ2v) is 8.60. The Morgan fingerprint density at radius 3 is 2.74 bits per heavy atom. The molecule has 0 aliphatic heterocycles. The van der Waals surface area contributed by atoms with Crippen molar-refractivity contribution in [3.05, 3.63) is 34.0 Å². The number of rotatable bonds is 8. The fraction of sp³-hybridized carbons (Fsp3) is 0.550. The predicted octanol–water partition coefficient (Wildman–Crippen LogP) is 3.68. The minimum Gasteiger partial charge on any atom is -0.349 e. The maximum absolute atomic E-state index is 12.4. The largest absolute Gasteiger partial charge is 0.349 e. The fourth-order valence-electron chi connectivity index (χ4n) is 3.12. The Hall–Kier alpha value is -2.15. The fourth-order valence-corrected chi connectivity index (χ4v) is 3.92. The zero-order chi connectivity index (χ0) is 19.6. The third-order valence-corrected chi connectivity index (χ3v) is 5.58. The molecular formula is C20H28N4O2S. The SMILES string of the molecule is Cc1nn(CC(C)C)c(C)c1CCC(=O)Nc1sccc1C(=O)NC1CC1. The molecule has 0 saturated heterocycles. The predicted molar refractivity (Wildman–Crippen MR) is 108 cm³/mol. The van der Waals surface area contributed by atoms with Crippen molar-refractivity contribution >= 4 is 28.2 Å². The van der Waals surface area contributed by atoms with Crippen LogP contribution in [0.2, 0.25) is 0 Å². The third-order valence-electron chi connectivity index (χ3n) is 4.75. The van der Waals surface area contributed by atoms with Gasteiger partial charge in [-0.3, -0.25) is 14.3 Å². The molecule has 2 N–H and O–H groups in total. The molecule has 1 saturated carbocycles. The van der Waals surface area contributed by atoms with Gasteiger partial charge in [0.25, 0.3) is 5.91 Å². The molecule has 27 heavy (non-hydrogen) atoms. The van der Waals surface area contributed by atoms with E-state index in [2.05, 4.69) is 36.5 Å². The lowest BCUT2D eigenvalue weighted by Crippen LogP contribution is -2.26. The number of anilines is 1. The molecule has 2 aromatic heterocycles. The highest BCUT2D eigenvalue weighted by Crippen LogP contribution is 2.26.